The third-order valence-corrected chi connectivity index (χ3v) is 8.79. The predicted molar refractivity (Wildman–Crippen MR) is 93.6 cm³/mol. The molecule has 2 aromatic rings. The Hall–Kier alpha value is -0.600. The topological polar surface area (TPSA) is 40.6 Å². The van der Waals surface area contributed by atoms with Crippen LogP contribution in [0.1, 0.15) is 5.56 Å². The number of anilines is 1. The van der Waals surface area contributed by atoms with Crippen LogP contribution in [0.25, 0.3) is 0 Å². The molecule has 0 aliphatic carbocycles. The lowest BCUT2D eigenvalue weighted by Gasteiger charge is -2.20. The van der Waals surface area contributed by atoms with Crippen molar-refractivity contribution < 1.29 is 8.42 Å². The van der Waals surface area contributed by atoms with Crippen LogP contribution in [-0.4, -0.2) is 47.0 Å². The molecular weight excluding hydrogens is 360 g/mol. The van der Waals surface area contributed by atoms with Gasteiger partial charge in [-0.25, -0.2) is 8.42 Å². The first-order valence-electron chi connectivity index (χ1n) is 6.91. The van der Waals surface area contributed by atoms with Gasteiger partial charge in [0.1, 0.15) is 8.42 Å². The molecule has 4 nitrogen and oxygen atoms in total. The average Bonchev–Trinajstić information content (AvgIpc) is 3.11. The van der Waals surface area contributed by atoms with E-state index in [9.17, 15) is 8.42 Å². The number of rotatable bonds is 5. The first-order valence-corrected chi connectivity index (χ1v) is 10.4. The molecule has 0 fully saturated rings. The zero-order valence-electron chi connectivity index (χ0n) is 12.4. The minimum absolute atomic E-state index is 0.317. The molecule has 22 heavy (non-hydrogen) atoms. The van der Waals surface area contributed by atoms with Gasteiger partial charge in [0.05, 0.1) is 9.34 Å². The molecule has 8 heteroatoms. The molecule has 1 aliphatic rings. The number of likely N-dealkylation sites (N-methyl/N-ethyl adjacent to an activating group) is 1. The van der Waals surface area contributed by atoms with Gasteiger partial charge in [0.15, 0.2) is 0 Å². The van der Waals surface area contributed by atoms with E-state index in [2.05, 4.69) is 9.80 Å². The second-order valence-electron chi connectivity index (χ2n) is 5.50. The van der Waals surface area contributed by atoms with Gasteiger partial charge in [-0.05, 0) is 44.3 Å². The van der Waals surface area contributed by atoms with Crippen LogP contribution in [-0.2, 0) is 16.3 Å². The zero-order chi connectivity index (χ0) is 15.9. The largest absolute Gasteiger partial charge is 0.362 e. The van der Waals surface area contributed by atoms with E-state index in [0.717, 1.165) is 48.0 Å². The summed E-state index contributed by atoms with van der Waals surface area (Å²) in [6.45, 7) is 2.85. The smallest absolute Gasteiger partial charge is 0.225 e. The number of hydrogen-bond donors (Lipinski definition) is 0. The molecule has 0 saturated carbocycles. The van der Waals surface area contributed by atoms with Gasteiger partial charge < -0.3 is 9.80 Å². The number of fused-ring (bicyclic) bond motifs is 1. The minimum atomic E-state index is -3.44. The Labute approximate surface area is 143 Å². The SMILES string of the molecule is CN(C)CCN1CCc2cc(S(=O)(=O)c3ccc(Cl)s3)sc21. The average molecular weight is 377 g/mol. The van der Waals surface area contributed by atoms with Gasteiger partial charge in [-0.15, -0.1) is 22.7 Å². The molecule has 0 spiro atoms. The van der Waals surface area contributed by atoms with Crippen LogP contribution >= 0.6 is 34.3 Å². The third kappa shape index (κ3) is 3.05. The Balaban J connectivity index is 1.88. The lowest BCUT2D eigenvalue weighted by atomic mass is 10.3. The van der Waals surface area contributed by atoms with Gasteiger partial charge in [0.2, 0.25) is 9.84 Å². The van der Waals surface area contributed by atoms with Crippen LogP contribution in [0.3, 0.4) is 0 Å². The van der Waals surface area contributed by atoms with Crippen LogP contribution < -0.4 is 4.90 Å². The maximum atomic E-state index is 12.7. The van der Waals surface area contributed by atoms with E-state index in [-0.39, 0.29) is 0 Å². The summed E-state index contributed by atoms with van der Waals surface area (Å²) in [4.78, 5) is 4.41. The summed E-state index contributed by atoms with van der Waals surface area (Å²) in [6.07, 6.45) is 0.917. The summed E-state index contributed by atoms with van der Waals surface area (Å²) in [7, 11) is 0.652. The van der Waals surface area contributed by atoms with Crippen LogP contribution in [0.4, 0.5) is 5.00 Å². The molecule has 0 radical (unpaired) electrons. The normalized spacial score (nSPS) is 14.8. The highest BCUT2D eigenvalue weighted by Crippen LogP contribution is 2.41. The van der Waals surface area contributed by atoms with Crippen LogP contribution in [0, 0.1) is 0 Å². The fourth-order valence-electron chi connectivity index (χ4n) is 2.41. The van der Waals surface area contributed by atoms with Crippen molar-refractivity contribution in [1.29, 1.82) is 0 Å². The first-order chi connectivity index (χ1) is 10.4. The Bertz CT molecular complexity index is 780. The van der Waals surface area contributed by atoms with Crippen molar-refractivity contribution in [3.8, 4) is 0 Å². The summed E-state index contributed by atoms with van der Waals surface area (Å²) in [5.41, 5.74) is 1.14. The summed E-state index contributed by atoms with van der Waals surface area (Å²) in [6, 6.07) is 5.04. The van der Waals surface area contributed by atoms with Crippen molar-refractivity contribution in [2.75, 3.05) is 38.6 Å². The number of thiophene rings is 2. The van der Waals surface area contributed by atoms with Crippen molar-refractivity contribution in [3.63, 3.8) is 0 Å². The highest BCUT2D eigenvalue weighted by Gasteiger charge is 2.28. The fraction of sp³-hybridized carbons (Fsp3) is 0.429. The second-order valence-corrected chi connectivity index (χ2v) is 10.6. The highest BCUT2D eigenvalue weighted by molar-refractivity contribution is 7.95. The Morgan fingerprint density at radius 3 is 2.68 bits per heavy atom. The second kappa shape index (κ2) is 6.13. The molecule has 3 rings (SSSR count). The molecule has 3 heterocycles. The lowest BCUT2D eigenvalue weighted by Crippen LogP contribution is -2.29. The number of sulfone groups is 1. The van der Waals surface area contributed by atoms with E-state index in [0.29, 0.717) is 12.8 Å². The van der Waals surface area contributed by atoms with E-state index < -0.39 is 9.84 Å². The van der Waals surface area contributed by atoms with Gasteiger partial charge in [0.25, 0.3) is 0 Å². The zero-order valence-corrected chi connectivity index (χ0v) is 15.6. The molecule has 2 aromatic heterocycles. The van der Waals surface area contributed by atoms with E-state index in [1.807, 2.05) is 20.2 Å². The monoisotopic (exact) mass is 376 g/mol. The predicted octanol–water partition coefficient (Wildman–Crippen LogP) is 3.22. The van der Waals surface area contributed by atoms with E-state index >= 15 is 0 Å². The molecule has 120 valence electrons. The van der Waals surface area contributed by atoms with Crippen molar-refractivity contribution in [2.24, 2.45) is 0 Å². The van der Waals surface area contributed by atoms with Gasteiger partial charge in [-0.2, -0.15) is 0 Å². The molecular formula is C14H17ClN2O2S3. The van der Waals surface area contributed by atoms with Gasteiger partial charge >= 0.3 is 0 Å². The molecule has 0 unspecified atom stereocenters. The maximum Gasteiger partial charge on any atom is 0.225 e. The van der Waals surface area contributed by atoms with Gasteiger partial charge in [-0.3, -0.25) is 0 Å². The summed E-state index contributed by atoms with van der Waals surface area (Å²) >= 11 is 8.35. The number of nitrogens with zero attached hydrogens (tertiary/aromatic N) is 2. The standard InChI is InChI=1S/C14H17ClN2O2S3/c1-16(2)7-8-17-6-5-10-9-13(21-14(10)17)22(18,19)12-4-3-11(15)20-12/h3-4,9H,5-8H2,1-2H3. The molecule has 0 amide bonds. The van der Waals surface area contributed by atoms with E-state index in [4.69, 9.17) is 11.6 Å². The fourth-order valence-corrected chi connectivity index (χ4v) is 7.14. The van der Waals surface area contributed by atoms with Crippen LogP contribution in [0.15, 0.2) is 26.6 Å². The molecule has 0 N–H and O–H groups in total. The summed E-state index contributed by atoms with van der Waals surface area (Å²) < 4.78 is 26.6. The van der Waals surface area contributed by atoms with Crippen molar-refractivity contribution in [2.45, 2.75) is 14.8 Å². The summed E-state index contributed by atoms with van der Waals surface area (Å²) in [5.74, 6) is 0. The molecule has 0 saturated heterocycles. The lowest BCUT2D eigenvalue weighted by molar-refractivity contribution is 0.415. The molecule has 0 atom stereocenters. The molecule has 0 aromatic carbocycles. The Kier molecular flexibility index (Phi) is 4.53. The summed E-state index contributed by atoms with van der Waals surface area (Å²) in [5, 5.41) is 1.10. The van der Waals surface area contributed by atoms with Gasteiger partial charge in [0, 0.05) is 19.6 Å². The molecule has 0 bridgehead atoms. The van der Waals surface area contributed by atoms with Crippen molar-refractivity contribution >= 4 is 49.1 Å². The van der Waals surface area contributed by atoms with Gasteiger partial charge in [-0.1, -0.05) is 11.6 Å². The van der Waals surface area contributed by atoms with Crippen molar-refractivity contribution in [1.82, 2.24) is 4.90 Å². The molecule has 1 aliphatic heterocycles. The first kappa shape index (κ1) is 16.3. The van der Waals surface area contributed by atoms with Crippen LogP contribution in [0.5, 0.6) is 0 Å². The van der Waals surface area contributed by atoms with Crippen LogP contribution in [0.2, 0.25) is 4.34 Å². The third-order valence-electron chi connectivity index (χ3n) is 3.60. The van der Waals surface area contributed by atoms with E-state index in [1.54, 1.807) is 12.1 Å². The minimum Gasteiger partial charge on any atom is -0.362 e. The Morgan fingerprint density at radius 1 is 1.27 bits per heavy atom. The maximum absolute atomic E-state index is 12.7. The highest BCUT2D eigenvalue weighted by atomic mass is 35.5. The van der Waals surface area contributed by atoms with Crippen molar-refractivity contribution in [3.05, 3.63) is 28.1 Å². The van der Waals surface area contributed by atoms with E-state index in [1.165, 1.54) is 11.3 Å². The quantitative estimate of drug-likeness (QED) is 0.803. The Morgan fingerprint density at radius 2 is 2.05 bits per heavy atom. The number of hydrogen-bond acceptors (Lipinski definition) is 6. The number of halogens is 1.